The molecule has 1 aliphatic rings. The highest BCUT2D eigenvalue weighted by Crippen LogP contribution is 2.25. The Morgan fingerprint density at radius 3 is 2.09 bits per heavy atom. The number of benzene rings is 2. The van der Waals surface area contributed by atoms with Gasteiger partial charge < -0.3 is 4.90 Å². The highest BCUT2D eigenvalue weighted by Gasteiger charge is 2.26. The molecule has 7 nitrogen and oxygen atoms in total. The third-order valence-electron chi connectivity index (χ3n) is 6.10. The van der Waals surface area contributed by atoms with Crippen LogP contribution in [0.1, 0.15) is 24.8 Å². The summed E-state index contributed by atoms with van der Waals surface area (Å²) in [5, 5.41) is 0. The molecule has 0 radical (unpaired) electrons. The number of rotatable bonds is 10. The Morgan fingerprint density at radius 2 is 1.48 bits per heavy atom. The van der Waals surface area contributed by atoms with Crippen LogP contribution in [0.15, 0.2) is 58.3 Å². The zero-order chi connectivity index (χ0) is 24.1. The Kier molecular flexibility index (Phi) is 8.55. The van der Waals surface area contributed by atoms with Crippen LogP contribution in [0, 0.1) is 0 Å². The maximum atomic E-state index is 12.7. The van der Waals surface area contributed by atoms with Gasteiger partial charge in [0.25, 0.3) is 0 Å². The quantitative estimate of drug-likeness (QED) is 0.474. The molecule has 1 fully saturated rings. The first-order valence-corrected chi connectivity index (χ1v) is 14.7. The third-order valence-corrected chi connectivity index (χ3v) is 9.24. The Bertz CT molecular complexity index is 1130. The van der Waals surface area contributed by atoms with E-state index < -0.39 is 19.9 Å². The standard InChI is InChI=1S/C24H35N3O4S2/c1-25(2)33(30,31)24-20-21(13-14-23(24)32(3,28)29)10-6-5-9-15-26-16-18-27(19-17-26)22-11-7-4-8-12-22/h4,7-8,11-14,20H,5-6,9-10,15-19H2,1-3H3. The average molecular weight is 494 g/mol. The SMILES string of the molecule is CN(C)S(=O)(=O)c1cc(CCCCCN2CCN(c3ccccc3)CC2)ccc1S(C)(=O)=O. The number of unbranched alkanes of at least 4 members (excludes halogenated alkanes) is 2. The van der Waals surface area contributed by atoms with Crippen molar-refractivity contribution in [2.24, 2.45) is 0 Å². The summed E-state index contributed by atoms with van der Waals surface area (Å²) in [5.74, 6) is 0. The number of nitrogens with zero attached hydrogens (tertiary/aromatic N) is 3. The second-order valence-corrected chi connectivity index (χ2v) is 12.9. The Balaban J connectivity index is 1.48. The van der Waals surface area contributed by atoms with Crippen LogP contribution in [0.3, 0.4) is 0 Å². The molecule has 33 heavy (non-hydrogen) atoms. The number of sulfonamides is 1. The predicted molar refractivity (Wildman–Crippen MR) is 133 cm³/mol. The monoisotopic (exact) mass is 493 g/mol. The van der Waals surface area contributed by atoms with E-state index in [9.17, 15) is 16.8 Å². The van der Waals surface area contributed by atoms with Crippen LogP contribution >= 0.6 is 0 Å². The van der Waals surface area contributed by atoms with E-state index in [1.54, 1.807) is 6.07 Å². The fourth-order valence-corrected chi connectivity index (χ4v) is 6.65. The molecule has 0 unspecified atom stereocenters. The molecule has 0 atom stereocenters. The molecule has 1 saturated heterocycles. The molecule has 1 aliphatic heterocycles. The van der Waals surface area contributed by atoms with Gasteiger partial charge >= 0.3 is 0 Å². The Labute approximate surface area is 199 Å². The first-order chi connectivity index (χ1) is 15.6. The van der Waals surface area contributed by atoms with E-state index in [1.807, 2.05) is 6.07 Å². The zero-order valence-corrected chi connectivity index (χ0v) is 21.4. The van der Waals surface area contributed by atoms with E-state index >= 15 is 0 Å². The average Bonchev–Trinajstić information content (AvgIpc) is 2.79. The lowest BCUT2D eigenvalue weighted by Gasteiger charge is -2.36. The maximum absolute atomic E-state index is 12.7. The molecule has 1 heterocycles. The van der Waals surface area contributed by atoms with Gasteiger partial charge in [0, 0.05) is 52.2 Å². The highest BCUT2D eigenvalue weighted by molar-refractivity contribution is 7.93. The molecule has 2 aromatic carbocycles. The van der Waals surface area contributed by atoms with Crippen molar-refractivity contribution in [1.82, 2.24) is 9.21 Å². The van der Waals surface area contributed by atoms with Gasteiger partial charge in [0.1, 0.15) is 4.90 Å². The highest BCUT2D eigenvalue weighted by atomic mass is 32.2. The molecular formula is C24H35N3O4S2. The van der Waals surface area contributed by atoms with Gasteiger partial charge in [-0.25, -0.2) is 21.1 Å². The first kappa shape index (κ1) is 25.7. The summed E-state index contributed by atoms with van der Waals surface area (Å²) in [6.45, 7) is 5.27. The van der Waals surface area contributed by atoms with Crippen molar-refractivity contribution in [1.29, 1.82) is 0 Å². The van der Waals surface area contributed by atoms with E-state index in [4.69, 9.17) is 0 Å². The van der Waals surface area contributed by atoms with Crippen molar-refractivity contribution < 1.29 is 16.8 Å². The number of hydrogen-bond acceptors (Lipinski definition) is 6. The second kappa shape index (κ2) is 11.0. The molecule has 2 aromatic rings. The number of para-hydroxylation sites is 1. The largest absolute Gasteiger partial charge is 0.369 e. The van der Waals surface area contributed by atoms with Gasteiger partial charge in [-0.15, -0.1) is 0 Å². The molecule has 3 rings (SSSR count). The van der Waals surface area contributed by atoms with Crippen molar-refractivity contribution in [3.63, 3.8) is 0 Å². The molecule has 0 saturated carbocycles. The van der Waals surface area contributed by atoms with E-state index in [2.05, 4.69) is 34.1 Å². The van der Waals surface area contributed by atoms with E-state index in [1.165, 1.54) is 31.9 Å². The summed E-state index contributed by atoms with van der Waals surface area (Å²) >= 11 is 0. The molecule has 0 spiro atoms. The van der Waals surface area contributed by atoms with Crippen LogP contribution in [0.2, 0.25) is 0 Å². The fourth-order valence-electron chi connectivity index (χ4n) is 4.12. The van der Waals surface area contributed by atoms with Crippen molar-refractivity contribution in [3.05, 3.63) is 54.1 Å². The maximum Gasteiger partial charge on any atom is 0.243 e. The second-order valence-electron chi connectivity index (χ2n) is 8.82. The van der Waals surface area contributed by atoms with Crippen molar-refractivity contribution in [2.75, 3.05) is 58.0 Å². The van der Waals surface area contributed by atoms with Crippen LogP contribution in [0.5, 0.6) is 0 Å². The summed E-state index contributed by atoms with van der Waals surface area (Å²) in [7, 11) is -4.67. The minimum atomic E-state index is -3.84. The van der Waals surface area contributed by atoms with E-state index in [-0.39, 0.29) is 9.79 Å². The zero-order valence-electron chi connectivity index (χ0n) is 19.8. The van der Waals surface area contributed by atoms with Gasteiger partial charge in [-0.05, 0) is 55.6 Å². The van der Waals surface area contributed by atoms with Crippen molar-refractivity contribution in [3.8, 4) is 0 Å². The molecule has 0 bridgehead atoms. The molecular weight excluding hydrogens is 458 g/mol. The smallest absolute Gasteiger partial charge is 0.243 e. The van der Waals surface area contributed by atoms with E-state index in [0.717, 1.165) is 74.5 Å². The predicted octanol–water partition coefficient (Wildman–Crippen LogP) is 2.88. The lowest BCUT2D eigenvalue weighted by Crippen LogP contribution is -2.46. The molecule has 0 N–H and O–H groups in total. The van der Waals surface area contributed by atoms with Gasteiger partial charge in [0.2, 0.25) is 10.0 Å². The number of piperazine rings is 1. The normalized spacial score (nSPS) is 15.8. The topological polar surface area (TPSA) is 78.0 Å². The molecule has 0 amide bonds. The molecule has 9 heteroatoms. The lowest BCUT2D eigenvalue weighted by atomic mass is 10.1. The lowest BCUT2D eigenvalue weighted by molar-refractivity contribution is 0.252. The summed E-state index contributed by atoms with van der Waals surface area (Å²) in [6, 6.07) is 15.2. The van der Waals surface area contributed by atoms with Crippen LogP contribution in [0.25, 0.3) is 0 Å². The van der Waals surface area contributed by atoms with E-state index in [0.29, 0.717) is 0 Å². The van der Waals surface area contributed by atoms with Crippen LogP contribution < -0.4 is 4.90 Å². The number of aryl methyl sites for hydroxylation is 1. The summed E-state index contributed by atoms with van der Waals surface area (Å²) < 4.78 is 50.6. The Morgan fingerprint density at radius 1 is 0.818 bits per heavy atom. The van der Waals surface area contributed by atoms with Crippen LogP contribution in [0.4, 0.5) is 5.69 Å². The van der Waals surface area contributed by atoms with Gasteiger partial charge in [-0.2, -0.15) is 0 Å². The molecule has 0 aromatic heterocycles. The fraction of sp³-hybridized carbons (Fsp3) is 0.500. The van der Waals surface area contributed by atoms with Crippen LogP contribution in [-0.4, -0.2) is 79.1 Å². The van der Waals surface area contributed by atoms with Gasteiger partial charge in [-0.3, -0.25) is 4.90 Å². The summed E-state index contributed by atoms with van der Waals surface area (Å²) in [5.41, 5.74) is 2.13. The Hall–Kier alpha value is -1.94. The van der Waals surface area contributed by atoms with Gasteiger partial charge in [-0.1, -0.05) is 30.7 Å². The summed E-state index contributed by atoms with van der Waals surface area (Å²) in [4.78, 5) is 4.65. The third kappa shape index (κ3) is 6.79. The molecule has 182 valence electrons. The van der Waals surface area contributed by atoms with Gasteiger partial charge in [0.05, 0.1) is 4.90 Å². The van der Waals surface area contributed by atoms with Crippen molar-refractivity contribution >= 4 is 25.5 Å². The minimum absolute atomic E-state index is 0.135. The number of sulfone groups is 1. The molecule has 0 aliphatic carbocycles. The summed E-state index contributed by atoms with van der Waals surface area (Å²) in [6.07, 6.45) is 4.83. The van der Waals surface area contributed by atoms with Gasteiger partial charge in [0.15, 0.2) is 9.84 Å². The van der Waals surface area contributed by atoms with Crippen LogP contribution in [-0.2, 0) is 26.3 Å². The van der Waals surface area contributed by atoms with Crippen molar-refractivity contribution in [2.45, 2.75) is 35.5 Å². The minimum Gasteiger partial charge on any atom is -0.369 e. The number of anilines is 1. The first-order valence-electron chi connectivity index (χ1n) is 11.4. The number of hydrogen-bond donors (Lipinski definition) is 0.